The normalized spacial score (nSPS) is 17.2. The molecule has 0 aliphatic rings. The number of aliphatic carboxylic acids is 1. The Kier molecular flexibility index (Phi) is 16.6. The van der Waals surface area contributed by atoms with Gasteiger partial charge in [0.25, 0.3) is 0 Å². The first-order valence-electron chi connectivity index (χ1n) is 11.4. The fourth-order valence-corrected chi connectivity index (χ4v) is 3.19. The van der Waals surface area contributed by atoms with Gasteiger partial charge in [-0.3, -0.25) is 24.0 Å². The highest BCUT2D eigenvalue weighted by Crippen LogP contribution is 2.01. The molecule has 5 amide bonds. The number of amides is 5. The molecule has 19 heteroatoms. The second-order valence-corrected chi connectivity index (χ2v) is 9.04. The van der Waals surface area contributed by atoms with E-state index >= 15 is 0 Å². The quantitative estimate of drug-likeness (QED) is 0.0694. The summed E-state index contributed by atoms with van der Waals surface area (Å²) in [6.45, 7) is 0.297. The van der Waals surface area contributed by atoms with Gasteiger partial charge < -0.3 is 57.9 Å². The van der Waals surface area contributed by atoms with Gasteiger partial charge in [-0.05, 0) is 13.8 Å². The van der Waals surface area contributed by atoms with E-state index in [1.165, 1.54) is 0 Å². The Labute approximate surface area is 234 Å². The predicted octanol–water partition coefficient (Wildman–Crippen LogP) is -6.57. The van der Waals surface area contributed by atoms with Gasteiger partial charge in [0, 0.05) is 11.5 Å². The summed E-state index contributed by atoms with van der Waals surface area (Å²) in [5.74, 6) is -7.15. The van der Waals surface area contributed by atoms with Gasteiger partial charge in [0.1, 0.15) is 30.2 Å². The van der Waals surface area contributed by atoms with Gasteiger partial charge in [0.05, 0.1) is 31.5 Å². The van der Waals surface area contributed by atoms with Crippen molar-refractivity contribution in [3.63, 3.8) is 0 Å². The Balaban J connectivity index is 5.51. The van der Waals surface area contributed by atoms with Crippen LogP contribution < -0.4 is 32.3 Å². The molecule has 12 N–H and O–H groups in total. The van der Waals surface area contributed by atoms with Crippen LogP contribution in [-0.4, -0.2) is 134 Å². The maximum absolute atomic E-state index is 12.7. The van der Waals surface area contributed by atoms with Crippen molar-refractivity contribution < 1.29 is 54.3 Å². The van der Waals surface area contributed by atoms with E-state index in [9.17, 15) is 49.2 Å². The zero-order valence-electron chi connectivity index (χ0n) is 21.1. The smallest absolute Gasteiger partial charge is 0.327 e. The summed E-state index contributed by atoms with van der Waals surface area (Å²) in [4.78, 5) is 73.3. The SMILES string of the molecule is C[C@@H](O)[C@H](NC(=O)[C@H](CO)NC(=O)[C@@H](NC(=O)[C@H](CO)NC(=O)[C@@H](N)CS)[C@@H](C)O)C(=O)N[C@@H](CS)C(=O)O. The van der Waals surface area contributed by atoms with Gasteiger partial charge in [-0.15, -0.1) is 0 Å². The maximum atomic E-state index is 12.7. The van der Waals surface area contributed by atoms with Crippen molar-refractivity contribution in [1.29, 1.82) is 0 Å². The molecule has 224 valence electrons. The molecule has 0 rings (SSSR count). The van der Waals surface area contributed by atoms with Crippen LogP contribution in [0.1, 0.15) is 13.8 Å². The van der Waals surface area contributed by atoms with Crippen LogP contribution in [0.4, 0.5) is 0 Å². The Bertz CT molecular complexity index is 879. The van der Waals surface area contributed by atoms with Crippen LogP contribution in [0.5, 0.6) is 0 Å². The number of aliphatic hydroxyl groups is 4. The van der Waals surface area contributed by atoms with Crippen molar-refractivity contribution >= 4 is 60.8 Å². The molecule has 0 aromatic heterocycles. The lowest BCUT2D eigenvalue weighted by molar-refractivity contribution is -0.142. The summed E-state index contributed by atoms with van der Waals surface area (Å²) in [7, 11) is 0. The molecule has 0 aliphatic carbocycles. The number of rotatable bonds is 17. The molecule has 39 heavy (non-hydrogen) atoms. The number of carboxylic acids is 1. The Morgan fingerprint density at radius 3 is 1.28 bits per heavy atom. The largest absolute Gasteiger partial charge is 0.480 e. The van der Waals surface area contributed by atoms with Crippen LogP contribution in [0, 0.1) is 0 Å². The van der Waals surface area contributed by atoms with E-state index in [1.807, 2.05) is 0 Å². The molecule has 0 radical (unpaired) electrons. The fourth-order valence-electron chi connectivity index (χ4n) is 2.78. The minimum Gasteiger partial charge on any atom is -0.480 e. The van der Waals surface area contributed by atoms with Crippen molar-refractivity contribution in [2.24, 2.45) is 5.73 Å². The third kappa shape index (κ3) is 11.9. The average molecular weight is 601 g/mol. The summed E-state index contributed by atoms with van der Waals surface area (Å²) in [6, 6.07) is -9.31. The number of carboxylic acid groups (broad SMARTS) is 1. The molecule has 0 bridgehead atoms. The van der Waals surface area contributed by atoms with E-state index in [1.54, 1.807) is 0 Å². The van der Waals surface area contributed by atoms with Crippen LogP contribution in [0.25, 0.3) is 0 Å². The van der Waals surface area contributed by atoms with Crippen LogP contribution >= 0.6 is 25.3 Å². The second-order valence-electron chi connectivity index (χ2n) is 8.31. The first kappa shape index (κ1) is 36.3. The highest BCUT2D eigenvalue weighted by atomic mass is 32.1. The summed E-state index contributed by atoms with van der Waals surface area (Å²) in [5, 5.41) is 58.5. The number of hydrogen-bond acceptors (Lipinski definition) is 13. The Hall–Kier alpha value is -2.68. The minimum atomic E-state index is -1.76. The van der Waals surface area contributed by atoms with E-state index in [4.69, 9.17) is 10.8 Å². The van der Waals surface area contributed by atoms with Crippen LogP contribution in [0.3, 0.4) is 0 Å². The molecule has 0 fully saturated rings. The van der Waals surface area contributed by atoms with E-state index in [2.05, 4.69) is 51.8 Å². The monoisotopic (exact) mass is 600 g/mol. The van der Waals surface area contributed by atoms with Crippen molar-refractivity contribution in [2.75, 3.05) is 24.7 Å². The van der Waals surface area contributed by atoms with Crippen LogP contribution in [0.15, 0.2) is 0 Å². The predicted molar refractivity (Wildman–Crippen MR) is 141 cm³/mol. The van der Waals surface area contributed by atoms with Crippen molar-refractivity contribution in [3.8, 4) is 0 Å². The topological polar surface area (TPSA) is 290 Å². The summed E-state index contributed by atoms with van der Waals surface area (Å²) in [5.41, 5.74) is 5.49. The van der Waals surface area contributed by atoms with E-state index < -0.39 is 97.2 Å². The van der Waals surface area contributed by atoms with Gasteiger partial charge in [-0.1, -0.05) is 0 Å². The fraction of sp³-hybridized carbons (Fsp3) is 0.700. The molecule has 0 unspecified atom stereocenters. The number of carbonyl (C=O) groups excluding carboxylic acids is 5. The van der Waals surface area contributed by atoms with Crippen LogP contribution in [0.2, 0.25) is 0 Å². The third-order valence-electron chi connectivity index (χ3n) is 5.09. The standard InChI is InChI=1S/C20H36N6O11S2/c1-7(29)13(25-16(32)10(3-27)22-15(31)9(21)5-38)18(34)23-11(4-28)17(33)26-14(8(2)30)19(35)24-12(6-39)20(36)37/h7-14,27-30,38-39H,3-6,21H2,1-2H3,(H,22,31)(H,23,34)(H,24,35)(H,25,32)(H,26,33)(H,36,37)/t7-,8-,9+,10+,11+,12+,13+,14+/m1/s1. The van der Waals surface area contributed by atoms with Crippen molar-refractivity contribution in [1.82, 2.24) is 26.6 Å². The lowest BCUT2D eigenvalue weighted by Crippen LogP contribution is -2.63. The number of nitrogens with one attached hydrogen (secondary N) is 5. The molecule has 0 heterocycles. The molecule has 17 nitrogen and oxygen atoms in total. The molecule has 0 aliphatic heterocycles. The Morgan fingerprint density at radius 1 is 0.641 bits per heavy atom. The van der Waals surface area contributed by atoms with Gasteiger partial charge in [0.15, 0.2) is 0 Å². The number of nitrogens with two attached hydrogens (primary N) is 1. The average Bonchev–Trinajstić information content (AvgIpc) is 2.88. The second kappa shape index (κ2) is 17.8. The van der Waals surface area contributed by atoms with Gasteiger partial charge >= 0.3 is 5.97 Å². The first-order chi connectivity index (χ1) is 18.1. The molecule has 0 aromatic rings. The summed E-state index contributed by atoms with van der Waals surface area (Å²) < 4.78 is 0. The summed E-state index contributed by atoms with van der Waals surface area (Å²) in [6.07, 6.45) is -3.11. The summed E-state index contributed by atoms with van der Waals surface area (Å²) >= 11 is 7.64. The number of thiol groups is 2. The maximum Gasteiger partial charge on any atom is 0.327 e. The number of aliphatic hydroxyl groups excluding tert-OH is 4. The van der Waals surface area contributed by atoms with E-state index in [0.717, 1.165) is 13.8 Å². The molecule has 8 atom stereocenters. The van der Waals surface area contributed by atoms with Crippen molar-refractivity contribution in [2.45, 2.75) is 62.3 Å². The molecular formula is C20H36N6O11S2. The van der Waals surface area contributed by atoms with Gasteiger partial charge in [-0.25, -0.2) is 4.79 Å². The first-order valence-corrected chi connectivity index (χ1v) is 12.7. The van der Waals surface area contributed by atoms with E-state index in [0.29, 0.717) is 0 Å². The zero-order chi connectivity index (χ0) is 30.4. The van der Waals surface area contributed by atoms with Crippen molar-refractivity contribution in [3.05, 3.63) is 0 Å². The van der Waals surface area contributed by atoms with Crippen LogP contribution in [-0.2, 0) is 28.8 Å². The molecule has 0 saturated carbocycles. The Morgan fingerprint density at radius 2 is 1.00 bits per heavy atom. The zero-order valence-corrected chi connectivity index (χ0v) is 22.9. The van der Waals surface area contributed by atoms with E-state index in [-0.39, 0.29) is 11.5 Å². The lowest BCUT2D eigenvalue weighted by atomic mass is 10.1. The van der Waals surface area contributed by atoms with Gasteiger partial charge in [-0.2, -0.15) is 25.3 Å². The molecule has 0 spiro atoms. The number of carbonyl (C=O) groups is 6. The van der Waals surface area contributed by atoms with Gasteiger partial charge in [0.2, 0.25) is 29.5 Å². The highest BCUT2D eigenvalue weighted by molar-refractivity contribution is 7.80. The minimum absolute atomic E-state index is 0.0676. The lowest BCUT2D eigenvalue weighted by Gasteiger charge is -2.27. The molecule has 0 aromatic carbocycles. The highest BCUT2D eigenvalue weighted by Gasteiger charge is 2.35. The molecule has 0 saturated heterocycles. The molecular weight excluding hydrogens is 564 g/mol. The number of hydrogen-bond donors (Lipinski definition) is 13. The third-order valence-corrected chi connectivity index (χ3v) is 5.85.